The molecule has 0 spiro atoms. The number of nitrogens with one attached hydrogen (secondary N) is 1. The summed E-state index contributed by atoms with van der Waals surface area (Å²) >= 11 is 0. The van der Waals surface area contributed by atoms with Crippen LogP contribution in [0.1, 0.15) is 37.4 Å². The van der Waals surface area contributed by atoms with E-state index >= 15 is 0 Å². The highest BCUT2D eigenvalue weighted by Crippen LogP contribution is 2.21. The van der Waals surface area contributed by atoms with Crippen LogP contribution in [-0.4, -0.2) is 5.91 Å². The zero-order valence-corrected chi connectivity index (χ0v) is 12.5. The van der Waals surface area contributed by atoms with Crippen LogP contribution in [-0.2, 0) is 10.3 Å². The van der Waals surface area contributed by atoms with Crippen molar-refractivity contribution in [2.24, 2.45) is 5.73 Å². The summed E-state index contributed by atoms with van der Waals surface area (Å²) in [6.07, 6.45) is 0.820. The van der Waals surface area contributed by atoms with E-state index in [-0.39, 0.29) is 11.9 Å². The van der Waals surface area contributed by atoms with Crippen molar-refractivity contribution in [3.63, 3.8) is 0 Å². The average molecular weight is 282 g/mol. The topological polar surface area (TPSA) is 55.1 Å². The van der Waals surface area contributed by atoms with E-state index in [4.69, 9.17) is 5.73 Å². The smallest absolute Gasteiger partial charge is 0.244 e. The Kier molecular flexibility index (Phi) is 4.76. The van der Waals surface area contributed by atoms with Crippen LogP contribution in [0.15, 0.2) is 60.7 Å². The Morgan fingerprint density at radius 2 is 1.62 bits per heavy atom. The number of hydrogen-bond acceptors (Lipinski definition) is 2. The SMILES string of the molecule is CCC(NC(=O)C(C)(N)c1ccccc1)c1ccccc1. The molecule has 21 heavy (non-hydrogen) atoms. The number of nitrogens with two attached hydrogens (primary N) is 1. The van der Waals surface area contributed by atoms with Crippen molar-refractivity contribution in [3.05, 3.63) is 71.8 Å². The maximum atomic E-state index is 12.6. The van der Waals surface area contributed by atoms with Gasteiger partial charge in [-0.3, -0.25) is 4.79 Å². The first kappa shape index (κ1) is 15.3. The minimum Gasteiger partial charge on any atom is -0.347 e. The molecule has 0 heterocycles. The molecule has 110 valence electrons. The Morgan fingerprint density at radius 1 is 1.10 bits per heavy atom. The first-order chi connectivity index (χ1) is 10.1. The van der Waals surface area contributed by atoms with Gasteiger partial charge in [0.1, 0.15) is 5.54 Å². The molecule has 2 atom stereocenters. The van der Waals surface area contributed by atoms with Crippen molar-refractivity contribution < 1.29 is 4.79 Å². The number of rotatable bonds is 5. The first-order valence-electron chi connectivity index (χ1n) is 7.26. The van der Waals surface area contributed by atoms with Gasteiger partial charge in [-0.25, -0.2) is 0 Å². The Bertz CT molecular complexity index is 579. The van der Waals surface area contributed by atoms with Gasteiger partial charge in [0.05, 0.1) is 6.04 Å². The second-order valence-electron chi connectivity index (χ2n) is 5.41. The van der Waals surface area contributed by atoms with Crippen LogP contribution in [0.4, 0.5) is 0 Å². The summed E-state index contributed by atoms with van der Waals surface area (Å²) in [5, 5.41) is 3.06. The molecule has 2 aromatic carbocycles. The standard InChI is InChI=1S/C18H22N2O/c1-3-16(14-10-6-4-7-11-14)20-17(21)18(2,19)15-12-8-5-9-13-15/h4-13,16H,3,19H2,1-2H3,(H,20,21). The van der Waals surface area contributed by atoms with E-state index in [9.17, 15) is 4.79 Å². The van der Waals surface area contributed by atoms with Gasteiger partial charge in [-0.1, -0.05) is 67.6 Å². The second-order valence-corrected chi connectivity index (χ2v) is 5.41. The number of benzene rings is 2. The molecule has 0 saturated carbocycles. The number of amides is 1. The van der Waals surface area contributed by atoms with Crippen LogP contribution in [0, 0.1) is 0 Å². The van der Waals surface area contributed by atoms with E-state index < -0.39 is 5.54 Å². The summed E-state index contributed by atoms with van der Waals surface area (Å²) in [6, 6.07) is 19.4. The third kappa shape index (κ3) is 3.50. The fourth-order valence-electron chi connectivity index (χ4n) is 2.33. The Labute approximate surface area is 126 Å². The van der Waals surface area contributed by atoms with Crippen molar-refractivity contribution in [1.29, 1.82) is 0 Å². The van der Waals surface area contributed by atoms with E-state index in [1.807, 2.05) is 67.6 Å². The van der Waals surface area contributed by atoms with Gasteiger partial charge >= 0.3 is 0 Å². The first-order valence-corrected chi connectivity index (χ1v) is 7.26. The van der Waals surface area contributed by atoms with Crippen molar-refractivity contribution in [1.82, 2.24) is 5.32 Å². The molecule has 3 nitrogen and oxygen atoms in total. The summed E-state index contributed by atoms with van der Waals surface area (Å²) < 4.78 is 0. The highest BCUT2D eigenvalue weighted by molar-refractivity contribution is 5.87. The van der Waals surface area contributed by atoms with Crippen LogP contribution >= 0.6 is 0 Å². The number of carbonyl (C=O) groups excluding carboxylic acids is 1. The Morgan fingerprint density at radius 3 is 2.14 bits per heavy atom. The van der Waals surface area contributed by atoms with Gasteiger partial charge in [-0.2, -0.15) is 0 Å². The van der Waals surface area contributed by atoms with Gasteiger partial charge in [0.15, 0.2) is 0 Å². The van der Waals surface area contributed by atoms with Gasteiger partial charge in [-0.05, 0) is 24.5 Å². The van der Waals surface area contributed by atoms with E-state index in [1.165, 1.54) is 0 Å². The molecule has 0 aromatic heterocycles. The zero-order chi connectivity index (χ0) is 15.3. The van der Waals surface area contributed by atoms with Crippen LogP contribution in [0.2, 0.25) is 0 Å². The maximum Gasteiger partial charge on any atom is 0.244 e. The van der Waals surface area contributed by atoms with Gasteiger partial charge in [0.25, 0.3) is 0 Å². The summed E-state index contributed by atoms with van der Waals surface area (Å²) in [5.74, 6) is -0.163. The lowest BCUT2D eigenvalue weighted by Gasteiger charge is -2.27. The molecule has 0 fully saturated rings. The van der Waals surface area contributed by atoms with Gasteiger partial charge in [-0.15, -0.1) is 0 Å². The largest absolute Gasteiger partial charge is 0.347 e. The predicted octanol–water partition coefficient (Wildman–Crippen LogP) is 3.13. The molecule has 3 N–H and O–H groups in total. The number of carbonyl (C=O) groups is 1. The Hall–Kier alpha value is -2.13. The van der Waals surface area contributed by atoms with Gasteiger partial charge in [0, 0.05) is 0 Å². The fraction of sp³-hybridized carbons (Fsp3) is 0.278. The van der Waals surface area contributed by atoms with E-state index in [0.29, 0.717) is 0 Å². The molecule has 0 aliphatic heterocycles. The van der Waals surface area contributed by atoms with Crippen LogP contribution < -0.4 is 11.1 Å². The molecule has 2 rings (SSSR count). The summed E-state index contributed by atoms with van der Waals surface area (Å²) in [5.41, 5.74) is 7.12. The third-order valence-electron chi connectivity index (χ3n) is 3.76. The lowest BCUT2D eigenvalue weighted by molar-refractivity contribution is -0.126. The molecule has 0 aliphatic rings. The molecule has 0 bridgehead atoms. The molecule has 1 amide bonds. The molecule has 0 aliphatic carbocycles. The lowest BCUT2D eigenvalue weighted by Crippen LogP contribution is -2.49. The molecular formula is C18H22N2O. The quantitative estimate of drug-likeness (QED) is 0.885. The third-order valence-corrected chi connectivity index (χ3v) is 3.76. The van der Waals surface area contributed by atoms with Gasteiger partial charge in [0.2, 0.25) is 5.91 Å². The van der Waals surface area contributed by atoms with Crippen molar-refractivity contribution >= 4 is 5.91 Å². The summed E-state index contributed by atoms with van der Waals surface area (Å²) in [7, 11) is 0. The van der Waals surface area contributed by atoms with Crippen molar-refractivity contribution in [3.8, 4) is 0 Å². The second kappa shape index (κ2) is 6.55. The van der Waals surface area contributed by atoms with Crippen molar-refractivity contribution in [2.45, 2.75) is 31.8 Å². The molecule has 2 unspecified atom stereocenters. The lowest BCUT2D eigenvalue weighted by atomic mass is 9.91. The van der Waals surface area contributed by atoms with E-state index in [1.54, 1.807) is 6.92 Å². The maximum absolute atomic E-state index is 12.6. The van der Waals surface area contributed by atoms with Crippen LogP contribution in [0.5, 0.6) is 0 Å². The summed E-state index contributed by atoms with van der Waals surface area (Å²) in [4.78, 5) is 12.6. The molecule has 3 heteroatoms. The van der Waals surface area contributed by atoms with E-state index in [0.717, 1.165) is 17.5 Å². The van der Waals surface area contributed by atoms with Crippen LogP contribution in [0.3, 0.4) is 0 Å². The zero-order valence-electron chi connectivity index (χ0n) is 12.5. The highest BCUT2D eigenvalue weighted by Gasteiger charge is 2.31. The van der Waals surface area contributed by atoms with Crippen LogP contribution in [0.25, 0.3) is 0 Å². The minimum absolute atomic E-state index is 0.0229. The monoisotopic (exact) mass is 282 g/mol. The summed E-state index contributed by atoms with van der Waals surface area (Å²) in [6.45, 7) is 3.80. The normalized spacial score (nSPS) is 15.0. The molecule has 0 radical (unpaired) electrons. The average Bonchev–Trinajstić information content (AvgIpc) is 2.54. The van der Waals surface area contributed by atoms with Crippen molar-refractivity contribution in [2.75, 3.05) is 0 Å². The molecular weight excluding hydrogens is 260 g/mol. The number of hydrogen-bond donors (Lipinski definition) is 2. The fourth-order valence-corrected chi connectivity index (χ4v) is 2.33. The molecule has 0 saturated heterocycles. The Balaban J connectivity index is 2.16. The molecule has 2 aromatic rings. The minimum atomic E-state index is -1.04. The predicted molar refractivity (Wildman–Crippen MR) is 85.6 cm³/mol. The van der Waals surface area contributed by atoms with E-state index in [2.05, 4.69) is 5.32 Å². The highest BCUT2D eigenvalue weighted by atomic mass is 16.2. The van der Waals surface area contributed by atoms with Gasteiger partial charge < -0.3 is 11.1 Å².